The zero-order chi connectivity index (χ0) is 65.5. The molecule has 0 saturated carbocycles. The van der Waals surface area contributed by atoms with Crippen LogP contribution in [0.3, 0.4) is 0 Å². The predicted molar refractivity (Wildman–Crippen MR) is 330 cm³/mol. The van der Waals surface area contributed by atoms with Gasteiger partial charge in [0.15, 0.2) is 0 Å². The molecule has 10 atom stereocenters. The lowest BCUT2D eigenvalue weighted by atomic mass is 9.92. The Morgan fingerprint density at radius 1 is 0.570 bits per heavy atom. The maximum Gasteiger partial charge on any atom is 0.245 e. The van der Waals surface area contributed by atoms with Crippen molar-refractivity contribution in [3.8, 4) is 0 Å². The van der Waals surface area contributed by atoms with Gasteiger partial charge in [-0.05, 0) is 117 Å². The van der Waals surface area contributed by atoms with Gasteiger partial charge in [0.2, 0.25) is 59.1 Å². The Bertz CT molecular complexity index is 2190. The van der Waals surface area contributed by atoms with E-state index in [4.69, 9.17) is 5.11 Å². The van der Waals surface area contributed by atoms with Gasteiger partial charge in [-0.25, -0.2) is 0 Å². The highest BCUT2D eigenvalue weighted by Gasteiger charge is 2.40. The number of carbonyl (C=O) groups is 11. The minimum Gasteiger partial charge on any atom is -0.395 e. The number of aliphatic hydroxyl groups is 2. The predicted octanol–water partition coefficient (Wildman–Crippen LogP) is 2.84. The fraction of sp³-hybridized carbons (Fsp3) is 0.823. The van der Waals surface area contributed by atoms with Crippen molar-refractivity contribution in [2.24, 2.45) is 23.7 Å². The van der Waals surface area contributed by atoms with Crippen LogP contribution in [0.2, 0.25) is 0 Å². The number of hydrogen-bond acceptors (Lipinski definition) is 14. The van der Waals surface area contributed by atoms with E-state index in [1.165, 1.54) is 39.5 Å². The van der Waals surface area contributed by atoms with Gasteiger partial charge in [-0.2, -0.15) is 0 Å². The molecule has 0 unspecified atom stereocenters. The molecular formula is C62H113N11O13. The Balaban J connectivity index is 3.36. The number of nitrogens with zero attached hydrogens (tertiary/aromatic N) is 1. The number of ketones is 1. The minimum atomic E-state index is -1.69. The van der Waals surface area contributed by atoms with E-state index < -0.39 is 101 Å². The quantitative estimate of drug-likeness (QED) is 0.0391. The van der Waals surface area contributed by atoms with E-state index in [1.54, 1.807) is 20.8 Å². The summed E-state index contributed by atoms with van der Waals surface area (Å²) >= 11 is 0. The smallest absolute Gasteiger partial charge is 0.245 e. The highest BCUT2D eigenvalue weighted by atomic mass is 16.3. The summed E-state index contributed by atoms with van der Waals surface area (Å²) in [7, 11) is 0. The van der Waals surface area contributed by atoms with E-state index in [2.05, 4.69) is 60.1 Å². The SMILES string of the molecule is CCCCCC[C@H](C)C[C@@H](NC(=O)[C@H](C)NC(=O)C(C)(C)NC(=O)[C@H](C[C@H](C)C[C@H](O)CC(=O)CC)NC(=O)[C@@H]1CCCN1C(=O)CCC)C(=O)N[C@@H](CC(C)C)C(=O)NC(C)(C)C(=O)N[C@@H](CC(C)C)C(=O)NCCC(=O)N[C@H](C)CNCCO. The number of Topliss-reactive ketones (excluding diaryl/α,β-unsaturated/α-hetero) is 1. The first-order valence-electron chi connectivity index (χ1n) is 31.8. The number of aliphatic hydroxyl groups excluding tert-OH is 2. The Morgan fingerprint density at radius 3 is 1.67 bits per heavy atom. The molecule has 0 aromatic carbocycles. The molecule has 10 amide bonds. The zero-order valence-electron chi connectivity index (χ0n) is 54.8. The molecule has 12 N–H and O–H groups in total. The number of nitrogens with one attached hydrogen (secondary N) is 10. The van der Waals surface area contributed by atoms with Crippen molar-refractivity contribution in [2.75, 3.05) is 32.8 Å². The Kier molecular flexibility index (Phi) is 36.3. The van der Waals surface area contributed by atoms with E-state index in [0.717, 1.165) is 32.1 Å². The largest absolute Gasteiger partial charge is 0.395 e. The summed E-state index contributed by atoms with van der Waals surface area (Å²) in [4.78, 5) is 152. The molecule has 1 fully saturated rings. The van der Waals surface area contributed by atoms with Gasteiger partial charge in [-0.15, -0.1) is 0 Å². The second-order valence-corrected chi connectivity index (χ2v) is 25.8. The third-order valence-corrected chi connectivity index (χ3v) is 15.2. The van der Waals surface area contributed by atoms with E-state index >= 15 is 0 Å². The molecule has 86 heavy (non-hydrogen) atoms. The van der Waals surface area contributed by atoms with E-state index in [1.807, 2.05) is 41.5 Å². The number of unbranched alkanes of at least 4 members (excludes halogenated alkanes) is 3. The molecule has 0 radical (unpaired) electrons. The second kappa shape index (κ2) is 39.9. The van der Waals surface area contributed by atoms with Crippen molar-refractivity contribution >= 4 is 64.9 Å². The van der Waals surface area contributed by atoms with Gasteiger partial charge < -0.3 is 68.3 Å². The van der Waals surface area contributed by atoms with Crippen LogP contribution in [0.1, 0.15) is 213 Å². The topological polar surface area (TPSA) is 352 Å². The maximum atomic E-state index is 14.5. The van der Waals surface area contributed by atoms with Crippen LogP contribution >= 0.6 is 0 Å². The van der Waals surface area contributed by atoms with Gasteiger partial charge in [0.05, 0.1) is 12.7 Å². The molecule has 0 aromatic heterocycles. The molecule has 1 rings (SSSR count). The van der Waals surface area contributed by atoms with Crippen LogP contribution in [-0.4, -0.2) is 172 Å². The van der Waals surface area contributed by atoms with Crippen molar-refractivity contribution < 1.29 is 63.0 Å². The average molecular weight is 1220 g/mol. The number of hydrogen-bond donors (Lipinski definition) is 12. The van der Waals surface area contributed by atoms with Gasteiger partial charge in [0.1, 0.15) is 53.1 Å². The summed E-state index contributed by atoms with van der Waals surface area (Å²) < 4.78 is 0. The summed E-state index contributed by atoms with van der Waals surface area (Å²) in [5, 5.41) is 47.6. The van der Waals surface area contributed by atoms with Gasteiger partial charge in [-0.3, -0.25) is 52.7 Å². The molecule has 0 spiro atoms. The molecule has 0 bridgehead atoms. The normalized spacial score (nSPS) is 16.7. The molecule has 24 heteroatoms. The summed E-state index contributed by atoms with van der Waals surface area (Å²) in [6, 6.07) is -6.90. The fourth-order valence-corrected chi connectivity index (χ4v) is 10.2. The Labute approximate surface area is 513 Å². The Hall–Kier alpha value is -5.75. The van der Waals surface area contributed by atoms with E-state index in [9.17, 15) is 57.8 Å². The first-order valence-corrected chi connectivity index (χ1v) is 31.8. The average Bonchev–Trinajstić information content (AvgIpc) is 2.80. The van der Waals surface area contributed by atoms with Crippen LogP contribution in [0.15, 0.2) is 0 Å². The molecular weight excluding hydrogens is 1110 g/mol. The zero-order valence-corrected chi connectivity index (χ0v) is 54.8. The molecule has 1 saturated heterocycles. The van der Waals surface area contributed by atoms with E-state index in [0.29, 0.717) is 38.9 Å². The number of likely N-dealkylation sites (tertiary alicyclic amines) is 1. The minimum absolute atomic E-state index is 0.00215. The highest BCUT2D eigenvalue weighted by Crippen LogP contribution is 2.23. The number of amides is 10. The van der Waals surface area contributed by atoms with Crippen molar-refractivity contribution in [3.63, 3.8) is 0 Å². The molecule has 0 aromatic rings. The molecule has 1 heterocycles. The molecule has 0 aliphatic carbocycles. The lowest BCUT2D eigenvalue weighted by molar-refractivity contribution is -0.140. The summed E-state index contributed by atoms with van der Waals surface area (Å²) in [5.41, 5.74) is -3.29. The first-order chi connectivity index (χ1) is 40.2. The van der Waals surface area contributed by atoms with Gasteiger partial charge in [0.25, 0.3) is 0 Å². The van der Waals surface area contributed by atoms with Crippen LogP contribution in [-0.2, 0) is 52.7 Å². The molecule has 24 nitrogen and oxygen atoms in total. The van der Waals surface area contributed by atoms with E-state index in [-0.39, 0.29) is 118 Å². The maximum absolute atomic E-state index is 14.5. The van der Waals surface area contributed by atoms with Crippen LogP contribution in [0.25, 0.3) is 0 Å². The van der Waals surface area contributed by atoms with Crippen molar-refractivity contribution in [3.05, 3.63) is 0 Å². The fourth-order valence-electron chi connectivity index (χ4n) is 10.2. The lowest BCUT2D eigenvalue weighted by Crippen LogP contribution is -2.63. The van der Waals surface area contributed by atoms with Crippen molar-refractivity contribution in [2.45, 2.75) is 272 Å². The summed E-state index contributed by atoms with van der Waals surface area (Å²) in [6.07, 6.45) is 6.40. The van der Waals surface area contributed by atoms with Crippen molar-refractivity contribution in [1.29, 1.82) is 0 Å². The van der Waals surface area contributed by atoms with Crippen LogP contribution < -0.4 is 53.2 Å². The standard InChI is InChI=1S/C62H113N11O13/c1-16-19-20-21-24-40(8)34-48(55(81)68-47(32-39(6)7)56(82)71-62(14,15)60(86)70-46(31-38(4)5)54(80)64-27-26-51(77)65-42(10)37-63-28-30-74)67-53(79)43(11)66-59(85)61(12,13)72-57(83)49(35-41(9)33-45(76)36-44(75)18-3)69-58(84)50-25-22-29-73(50)52(78)23-17-2/h38-43,45-50,63,74,76H,16-37H2,1-15H3,(H,64,80)(H,65,77)(H,66,85)(H,67,79)(H,68,81)(H,69,84)(H,70,86)(H,71,82)(H,72,83)/t40-,41+,42+,43-,45-,46-,47-,48+,49-,50-/m0/s1. The lowest BCUT2D eigenvalue weighted by Gasteiger charge is -2.32. The summed E-state index contributed by atoms with van der Waals surface area (Å²) in [6.45, 7) is 27.1. The summed E-state index contributed by atoms with van der Waals surface area (Å²) in [5.74, 6) is -6.55. The monoisotopic (exact) mass is 1220 g/mol. The third-order valence-electron chi connectivity index (χ3n) is 15.2. The van der Waals surface area contributed by atoms with Crippen LogP contribution in [0.4, 0.5) is 0 Å². The molecule has 1 aliphatic heterocycles. The van der Waals surface area contributed by atoms with Gasteiger partial charge in [0, 0.05) is 57.9 Å². The van der Waals surface area contributed by atoms with Crippen LogP contribution in [0, 0.1) is 23.7 Å². The van der Waals surface area contributed by atoms with Gasteiger partial charge in [-0.1, -0.05) is 94.4 Å². The van der Waals surface area contributed by atoms with Crippen LogP contribution in [0.5, 0.6) is 0 Å². The Morgan fingerprint density at radius 2 is 1.12 bits per heavy atom. The first kappa shape index (κ1) is 78.3. The number of carbonyl (C=O) groups excluding carboxylic acids is 11. The molecule has 494 valence electrons. The number of rotatable bonds is 43. The van der Waals surface area contributed by atoms with Crippen molar-refractivity contribution in [1.82, 2.24) is 58.1 Å². The third kappa shape index (κ3) is 30.2. The highest BCUT2D eigenvalue weighted by molar-refractivity contribution is 5.99. The van der Waals surface area contributed by atoms with Gasteiger partial charge >= 0.3 is 0 Å². The molecule has 1 aliphatic rings. The second-order valence-electron chi connectivity index (χ2n) is 25.8.